The van der Waals surface area contributed by atoms with E-state index in [9.17, 15) is 0 Å². The molecule has 0 bridgehead atoms. The largest absolute Gasteiger partial charge is 0.375 e. The van der Waals surface area contributed by atoms with Crippen molar-refractivity contribution in [3.63, 3.8) is 0 Å². The van der Waals surface area contributed by atoms with Gasteiger partial charge in [0.1, 0.15) is 0 Å². The molecule has 0 saturated carbocycles. The van der Waals surface area contributed by atoms with Crippen LogP contribution in [0.2, 0.25) is 0 Å². The fourth-order valence-corrected chi connectivity index (χ4v) is 1.22. The molecule has 0 aromatic rings. The summed E-state index contributed by atoms with van der Waals surface area (Å²) in [4.78, 5) is 4.54. The lowest BCUT2D eigenvalue weighted by Crippen LogP contribution is -2.24. The van der Waals surface area contributed by atoms with Crippen LogP contribution in [-0.2, 0) is 0 Å². The zero-order valence-electron chi connectivity index (χ0n) is 8.25. The van der Waals surface area contributed by atoms with E-state index in [2.05, 4.69) is 49.0 Å². The van der Waals surface area contributed by atoms with Gasteiger partial charge in [-0.3, -0.25) is 0 Å². The quantitative estimate of drug-likeness (QED) is 0.629. The standard InChI is InChI=1S/C10H18N2/c1-4-11(3)10-6-8-12(5-2)9-7-10/h6-8H,4-5,9H2,1-3H3. The summed E-state index contributed by atoms with van der Waals surface area (Å²) >= 11 is 0. The lowest BCUT2D eigenvalue weighted by atomic mass is 10.2. The molecule has 12 heavy (non-hydrogen) atoms. The molecular formula is C10H18N2. The van der Waals surface area contributed by atoms with Gasteiger partial charge < -0.3 is 9.80 Å². The summed E-state index contributed by atoms with van der Waals surface area (Å²) in [5, 5.41) is 0. The van der Waals surface area contributed by atoms with Crippen molar-refractivity contribution < 1.29 is 0 Å². The Morgan fingerprint density at radius 3 is 2.67 bits per heavy atom. The molecule has 1 rings (SSSR count). The number of likely N-dealkylation sites (N-methyl/N-ethyl adjacent to an activating group) is 2. The molecule has 0 aromatic heterocycles. The molecule has 0 unspecified atom stereocenters. The van der Waals surface area contributed by atoms with Gasteiger partial charge >= 0.3 is 0 Å². The van der Waals surface area contributed by atoms with Gasteiger partial charge in [0.15, 0.2) is 0 Å². The molecule has 0 aromatic carbocycles. The maximum Gasteiger partial charge on any atom is 0.0376 e. The van der Waals surface area contributed by atoms with Crippen LogP contribution in [0.1, 0.15) is 13.8 Å². The van der Waals surface area contributed by atoms with Gasteiger partial charge in [0.2, 0.25) is 0 Å². The summed E-state index contributed by atoms with van der Waals surface area (Å²) in [6.45, 7) is 7.55. The molecule has 1 aliphatic heterocycles. The van der Waals surface area contributed by atoms with E-state index in [0.717, 1.165) is 19.6 Å². The highest BCUT2D eigenvalue weighted by atomic mass is 15.1. The zero-order chi connectivity index (χ0) is 8.97. The monoisotopic (exact) mass is 166 g/mol. The van der Waals surface area contributed by atoms with Crippen molar-refractivity contribution in [2.24, 2.45) is 0 Å². The summed E-state index contributed by atoms with van der Waals surface area (Å²) in [5.74, 6) is 0. The Morgan fingerprint density at radius 2 is 2.25 bits per heavy atom. The Balaban J connectivity index is 2.51. The van der Waals surface area contributed by atoms with Gasteiger partial charge in [-0.2, -0.15) is 0 Å². The fraction of sp³-hybridized carbons (Fsp3) is 0.600. The molecule has 0 fully saturated rings. The summed E-state index contributed by atoms with van der Waals surface area (Å²) < 4.78 is 0. The van der Waals surface area contributed by atoms with Crippen molar-refractivity contribution in [1.82, 2.24) is 9.80 Å². The van der Waals surface area contributed by atoms with Gasteiger partial charge in [-0.05, 0) is 26.0 Å². The third kappa shape index (κ3) is 2.03. The molecule has 0 N–H and O–H groups in total. The lowest BCUT2D eigenvalue weighted by Gasteiger charge is -2.25. The number of hydrogen-bond donors (Lipinski definition) is 0. The second-order valence-electron chi connectivity index (χ2n) is 3.05. The molecule has 0 saturated heterocycles. The summed E-state index contributed by atoms with van der Waals surface area (Å²) in [5.41, 5.74) is 1.34. The van der Waals surface area contributed by atoms with E-state index in [1.807, 2.05) is 0 Å². The third-order valence-corrected chi connectivity index (χ3v) is 2.31. The molecule has 0 atom stereocenters. The van der Waals surface area contributed by atoms with Crippen LogP contribution in [0.3, 0.4) is 0 Å². The normalized spacial score (nSPS) is 16.2. The number of rotatable bonds is 3. The molecule has 2 nitrogen and oxygen atoms in total. The third-order valence-electron chi connectivity index (χ3n) is 2.31. The number of nitrogens with zero attached hydrogens (tertiary/aromatic N) is 2. The van der Waals surface area contributed by atoms with Crippen LogP contribution in [0.5, 0.6) is 0 Å². The van der Waals surface area contributed by atoms with Gasteiger partial charge in [-0.1, -0.05) is 0 Å². The van der Waals surface area contributed by atoms with Gasteiger partial charge in [-0.25, -0.2) is 0 Å². The van der Waals surface area contributed by atoms with Crippen LogP contribution in [0, 0.1) is 0 Å². The topological polar surface area (TPSA) is 6.48 Å². The average molecular weight is 166 g/mol. The molecule has 0 spiro atoms. The SMILES string of the molecule is CCN1C=CC(N(C)CC)=CC1. The van der Waals surface area contributed by atoms with E-state index < -0.39 is 0 Å². The molecule has 1 aliphatic rings. The minimum atomic E-state index is 1.05. The Kier molecular flexibility index (Phi) is 3.20. The Bertz CT molecular complexity index is 194. The van der Waals surface area contributed by atoms with Crippen molar-refractivity contribution in [3.05, 3.63) is 24.0 Å². The first kappa shape index (κ1) is 9.17. The first-order valence-electron chi connectivity index (χ1n) is 4.61. The Morgan fingerprint density at radius 1 is 1.50 bits per heavy atom. The van der Waals surface area contributed by atoms with Crippen molar-refractivity contribution in [2.75, 3.05) is 26.7 Å². The minimum Gasteiger partial charge on any atom is -0.375 e. The van der Waals surface area contributed by atoms with Gasteiger partial charge in [-0.15, -0.1) is 0 Å². The number of allylic oxidation sites excluding steroid dienone is 1. The second-order valence-corrected chi connectivity index (χ2v) is 3.05. The van der Waals surface area contributed by atoms with E-state index in [4.69, 9.17) is 0 Å². The molecule has 0 radical (unpaired) electrons. The van der Waals surface area contributed by atoms with Crippen LogP contribution in [0.15, 0.2) is 24.0 Å². The maximum absolute atomic E-state index is 2.28. The highest BCUT2D eigenvalue weighted by Gasteiger charge is 2.04. The van der Waals surface area contributed by atoms with Crippen LogP contribution in [-0.4, -0.2) is 36.5 Å². The van der Waals surface area contributed by atoms with E-state index >= 15 is 0 Å². The van der Waals surface area contributed by atoms with Gasteiger partial charge in [0.25, 0.3) is 0 Å². The smallest absolute Gasteiger partial charge is 0.0376 e. The van der Waals surface area contributed by atoms with Crippen LogP contribution in [0.25, 0.3) is 0 Å². The fourth-order valence-electron chi connectivity index (χ4n) is 1.22. The molecule has 1 heterocycles. The average Bonchev–Trinajstić information content (AvgIpc) is 2.17. The summed E-state index contributed by atoms with van der Waals surface area (Å²) in [6.07, 6.45) is 6.62. The lowest BCUT2D eigenvalue weighted by molar-refractivity contribution is 0.403. The number of hydrogen-bond acceptors (Lipinski definition) is 2. The first-order valence-corrected chi connectivity index (χ1v) is 4.61. The predicted octanol–water partition coefficient (Wildman–Crippen LogP) is 1.67. The van der Waals surface area contributed by atoms with Gasteiger partial charge in [0, 0.05) is 38.6 Å². The van der Waals surface area contributed by atoms with E-state index in [0.29, 0.717) is 0 Å². The highest BCUT2D eigenvalue weighted by Crippen LogP contribution is 2.09. The molecule has 0 amide bonds. The maximum atomic E-state index is 2.28. The minimum absolute atomic E-state index is 1.05. The molecule has 0 aliphatic carbocycles. The summed E-state index contributed by atoms with van der Waals surface area (Å²) in [6, 6.07) is 0. The highest BCUT2D eigenvalue weighted by molar-refractivity contribution is 5.20. The Hall–Kier alpha value is -0.920. The zero-order valence-corrected chi connectivity index (χ0v) is 8.25. The van der Waals surface area contributed by atoms with Crippen molar-refractivity contribution >= 4 is 0 Å². The van der Waals surface area contributed by atoms with Crippen molar-refractivity contribution in [3.8, 4) is 0 Å². The van der Waals surface area contributed by atoms with Crippen molar-refractivity contribution in [2.45, 2.75) is 13.8 Å². The molecule has 2 heteroatoms. The predicted molar refractivity (Wildman–Crippen MR) is 52.8 cm³/mol. The van der Waals surface area contributed by atoms with Crippen molar-refractivity contribution in [1.29, 1.82) is 0 Å². The second kappa shape index (κ2) is 4.19. The Labute approximate surface area is 75.2 Å². The van der Waals surface area contributed by atoms with Crippen LogP contribution < -0.4 is 0 Å². The molecule has 68 valence electrons. The summed E-state index contributed by atoms with van der Waals surface area (Å²) in [7, 11) is 2.12. The van der Waals surface area contributed by atoms with E-state index in [1.54, 1.807) is 0 Å². The van der Waals surface area contributed by atoms with E-state index in [1.165, 1.54) is 5.70 Å². The first-order chi connectivity index (χ1) is 5.77. The van der Waals surface area contributed by atoms with Gasteiger partial charge in [0.05, 0.1) is 0 Å². The van der Waals surface area contributed by atoms with E-state index in [-0.39, 0.29) is 0 Å². The van der Waals surface area contributed by atoms with Crippen LogP contribution in [0.4, 0.5) is 0 Å². The molecular weight excluding hydrogens is 148 g/mol. The van der Waals surface area contributed by atoms with Crippen LogP contribution >= 0.6 is 0 Å².